The van der Waals surface area contributed by atoms with Crippen molar-refractivity contribution in [2.45, 2.75) is 20.3 Å². The molecule has 0 aromatic heterocycles. The fourth-order valence-corrected chi connectivity index (χ4v) is 1.71. The Morgan fingerprint density at radius 3 is 2.23 bits per heavy atom. The Morgan fingerprint density at radius 1 is 1.09 bits per heavy atom. The fourth-order valence-electron chi connectivity index (χ4n) is 1.71. The Labute approximate surface area is 131 Å². The number of allylic oxidation sites excluding steroid dienone is 1. The minimum Gasteiger partial charge on any atom is -0.508 e. The third-order valence-corrected chi connectivity index (χ3v) is 2.72. The SMILES string of the molecule is CCC.CN=C(/C=C/c1ccc(O)cc1)c1ccccc1F. The second-order valence-electron chi connectivity index (χ2n) is 4.72. The van der Waals surface area contributed by atoms with E-state index in [2.05, 4.69) is 18.8 Å². The molecule has 22 heavy (non-hydrogen) atoms. The van der Waals surface area contributed by atoms with Crippen LogP contribution in [0.1, 0.15) is 31.4 Å². The molecule has 0 aliphatic carbocycles. The van der Waals surface area contributed by atoms with Crippen LogP contribution < -0.4 is 0 Å². The van der Waals surface area contributed by atoms with Gasteiger partial charge in [0.25, 0.3) is 0 Å². The van der Waals surface area contributed by atoms with Crippen molar-refractivity contribution in [3.05, 3.63) is 71.6 Å². The summed E-state index contributed by atoms with van der Waals surface area (Å²) in [5.74, 6) is -0.0749. The topological polar surface area (TPSA) is 32.6 Å². The minimum atomic E-state index is -0.293. The number of hydrogen-bond donors (Lipinski definition) is 1. The van der Waals surface area contributed by atoms with Crippen LogP contribution in [-0.4, -0.2) is 17.9 Å². The molecule has 3 heteroatoms. The van der Waals surface area contributed by atoms with Gasteiger partial charge in [0.2, 0.25) is 0 Å². The number of halogens is 1. The predicted molar refractivity (Wildman–Crippen MR) is 92.0 cm³/mol. The van der Waals surface area contributed by atoms with Gasteiger partial charge in [-0.2, -0.15) is 0 Å². The maximum Gasteiger partial charge on any atom is 0.132 e. The van der Waals surface area contributed by atoms with E-state index in [0.717, 1.165) is 5.56 Å². The number of nitrogens with zero attached hydrogens (tertiary/aromatic N) is 1. The lowest BCUT2D eigenvalue weighted by molar-refractivity contribution is 0.475. The molecule has 2 nitrogen and oxygen atoms in total. The van der Waals surface area contributed by atoms with Gasteiger partial charge in [0, 0.05) is 12.6 Å². The zero-order valence-corrected chi connectivity index (χ0v) is 13.3. The van der Waals surface area contributed by atoms with E-state index in [-0.39, 0.29) is 11.6 Å². The summed E-state index contributed by atoms with van der Waals surface area (Å²) >= 11 is 0. The number of phenols is 1. The van der Waals surface area contributed by atoms with Crippen molar-refractivity contribution < 1.29 is 9.50 Å². The zero-order chi connectivity index (χ0) is 16.4. The summed E-state index contributed by atoms with van der Waals surface area (Å²) in [6.07, 6.45) is 4.83. The number of aromatic hydroxyl groups is 1. The average Bonchev–Trinajstić information content (AvgIpc) is 2.52. The largest absolute Gasteiger partial charge is 0.508 e. The maximum atomic E-state index is 13.7. The van der Waals surface area contributed by atoms with Gasteiger partial charge in [0.05, 0.1) is 5.71 Å². The number of hydrogen-bond acceptors (Lipinski definition) is 2. The molecular formula is C19H22FNO. The monoisotopic (exact) mass is 299 g/mol. The molecule has 0 spiro atoms. The van der Waals surface area contributed by atoms with E-state index < -0.39 is 0 Å². The highest BCUT2D eigenvalue weighted by Gasteiger charge is 2.04. The lowest BCUT2D eigenvalue weighted by atomic mass is 10.1. The highest BCUT2D eigenvalue weighted by Crippen LogP contribution is 2.13. The summed E-state index contributed by atoms with van der Waals surface area (Å²) in [6.45, 7) is 4.25. The number of benzene rings is 2. The van der Waals surface area contributed by atoms with E-state index in [0.29, 0.717) is 11.3 Å². The Morgan fingerprint density at radius 2 is 1.68 bits per heavy atom. The van der Waals surface area contributed by atoms with Crippen LogP contribution in [0.25, 0.3) is 6.08 Å². The van der Waals surface area contributed by atoms with E-state index in [1.807, 2.05) is 6.08 Å². The highest BCUT2D eigenvalue weighted by molar-refractivity contribution is 6.10. The lowest BCUT2D eigenvalue weighted by Gasteiger charge is -2.02. The van der Waals surface area contributed by atoms with Gasteiger partial charge in [-0.15, -0.1) is 0 Å². The third kappa shape index (κ3) is 5.52. The van der Waals surface area contributed by atoms with Crippen molar-refractivity contribution in [1.29, 1.82) is 0 Å². The van der Waals surface area contributed by atoms with Crippen molar-refractivity contribution in [3.63, 3.8) is 0 Å². The molecule has 0 fully saturated rings. The molecule has 0 bridgehead atoms. The lowest BCUT2D eigenvalue weighted by Crippen LogP contribution is -1.99. The molecule has 0 atom stereocenters. The summed E-state index contributed by atoms with van der Waals surface area (Å²) in [4.78, 5) is 4.09. The first-order chi connectivity index (χ1) is 10.6. The van der Waals surface area contributed by atoms with Crippen molar-refractivity contribution in [2.75, 3.05) is 7.05 Å². The summed E-state index contributed by atoms with van der Waals surface area (Å²) in [6, 6.07) is 13.3. The second-order valence-corrected chi connectivity index (χ2v) is 4.72. The molecule has 116 valence electrons. The quantitative estimate of drug-likeness (QED) is 0.788. The zero-order valence-electron chi connectivity index (χ0n) is 13.3. The first-order valence-corrected chi connectivity index (χ1v) is 7.31. The van der Waals surface area contributed by atoms with Crippen molar-refractivity contribution in [1.82, 2.24) is 0 Å². The molecule has 2 aromatic carbocycles. The van der Waals surface area contributed by atoms with Crippen LogP contribution in [0.3, 0.4) is 0 Å². The van der Waals surface area contributed by atoms with Gasteiger partial charge in [0.15, 0.2) is 0 Å². The molecule has 0 aliphatic heterocycles. The van der Waals surface area contributed by atoms with Crippen LogP contribution in [-0.2, 0) is 0 Å². The van der Waals surface area contributed by atoms with Crippen LogP contribution in [0.4, 0.5) is 4.39 Å². The number of phenolic OH excluding ortho intramolecular Hbond substituents is 1. The average molecular weight is 299 g/mol. The summed E-state index contributed by atoms with van der Waals surface area (Å²) in [5.41, 5.74) is 1.96. The Hall–Kier alpha value is -2.42. The van der Waals surface area contributed by atoms with Crippen LogP contribution in [0.5, 0.6) is 5.75 Å². The molecule has 0 saturated carbocycles. The minimum absolute atomic E-state index is 0.218. The molecule has 0 radical (unpaired) electrons. The molecule has 0 amide bonds. The smallest absolute Gasteiger partial charge is 0.132 e. The standard InChI is InChI=1S/C16H14FNO.C3H8/c1-18-16(14-4-2-3-5-15(14)17)11-8-12-6-9-13(19)10-7-12;1-3-2/h2-11,19H,1H3;3H2,1-2H3/b11-8+,18-16?;. The molecule has 0 saturated heterocycles. The normalized spacial score (nSPS) is 11.2. The first kappa shape index (κ1) is 17.6. The first-order valence-electron chi connectivity index (χ1n) is 7.31. The maximum absolute atomic E-state index is 13.7. The summed E-state index contributed by atoms with van der Waals surface area (Å²) < 4.78 is 13.7. The molecular weight excluding hydrogens is 277 g/mol. The molecule has 2 aromatic rings. The third-order valence-electron chi connectivity index (χ3n) is 2.72. The van der Waals surface area contributed by atoms with Crippen LogP contribution >= 0.6 is 0 Å². The molecule has 2 rings (SSSR count). The van der Waals surface area contributed by atoms with Gasteiger partial charge in [-0.25, -0.2) is 4.39 Å². The Kier molecular flexibility index (Phi) is 7.62. The molecule has 0 heterocycles. The van der Waals surface area contributed by atoms with Crippen LogP contribution in [0.2, 0.25) is 0 Å². The Bertz CT molecular complexity index is 630. The summed E-state index contributed by atoms with van der Waals surface area (Å²) in [7, 11) is 1.63. The van der Waals surface area contributed by atoms with Gasteiger partial charge in [0.1, 0.15) is 11.6 Å². The van der Waals surface area contributed by atoms with E-state index in [4.69, 9.17) is 0 Å². The summed E-state index contributed by atoms with van der Waals surface area (Å²) in [5, 5.41) is 9.20. The van der Waals surface area contributed by atoms with E-state index in [9.17, 15) is 9.50 Å². The van der Waals surface area contributed by atoms with Gasteiger partial charge in [-0.1, -0.05) is 50.6 Å². The highest BCUT2D eigenvalue weighted by atomic mass is 19.1. The number of aliphatic imine (C=N–C) groups is 1. The second kappa shape index (κ2) is 9.50. The van der Waals surface area contributed by atoms with E-state index >= 15 is 0 Å². The van der Waals surface area contributed by atoms with Gasteiger partial charge < -0.3 is 5.11 Å². The van der Waals surface area contributed by atoms with Crippen LogP contribution in [0.15, 0.2) is 59.6 Å². The predicted octanol–water partition coefficient (Wildman–Crippen LogP) is 5.08. The van der Waals surface area contributed by atoms with Gasteiger partial charge in [-0.05, 0) is 35.9 Å². The fraction of sp³-hybridized carbons (Fsp3) is 0.211. The Balaban J connectivity index is 0.000000745. The number of rotatable bonds is 3. The van der Waals surface area contributed by atoms with Crippen LogP contribution in [0, 0.1) is 5.82 Å². The van der Waals surface area contributed by atoms with Crippen molar-refractivity contribution >= 4 is 11.8 Å². The van der Waals surface area contributed by atoms with Gasteiger partial charge >= 0.3 is 0 Å². The molecule has 1 N–H and O–H groups in total. The molecule has 0 unspecified atom stereocenters. The van der Waals surface area contributed by atoms with Gasteiger partial charge in [-0.3, -0.25) is 4.99 Å². The van der Waals surface area contributed by atoms with Crippen molar-refractivity contribution in [2.24, 2.45) is 4.99 Å². The van der Waals surface area contributed by atoms with E-state index in [1.165, 1.54) is 12.5 Å². The van der Waals surface area contributed by atoms with E-state index in [1.54, 1.807) is 55.6 Å². The molecule has 0 aliphatic rings. The van der Waals surface area contributed by atoms with Crippen molar-refractivity contribution in [3.8, 4) is 5.75 Å².